The molecule has 0 saturated heterocycles. The molecule has 0 spiro atoms. The summed E-state index contributed by atoms with van der Waals surface area (Å²) in [5, 5.41) is 0. The lowest BCUT2D eigenvalue weighted by Crippen LogP contribution is -2.17. The summed E-state index contributed by atoms with van der Waals surface area (Å²) in [4.78, 5) is 0. The molecule has 0 fully saturated rings. The molecule has 0 saturated carbocycles. The highest BCUT2D eigenvalue weighted by atomic mass is 31.0. The average Bonchev–Trinajstić information content (AvgIpc) is 2.61. The second kappa shape index (κ2) is 7.26. The van der Waals surface area contributed by atoms with Crippen molar-refractivity contribution in [1.29, 1.82) is 0 Å². The Morgan fingerprint density at radius 3 is 2.44 bits per heavy atom. The summed E-state index contributed by atoms with van der Waals surface area (Å²) in [5.41, 5.74) is 10.7. The fraction of sp³-hybridized carbons (Fsp3) is 0.143. The van der Waals surface area contributed by atoms with Crippen LogP contribution in [0, 0.1) is 6.92 Å². The van der Waals surface area contributed by atoms with Crippen LogP contribution in [0.15, 0.2) is 66.7 Å². The van der Waals surface area contributed by atoms with Gasteiger partial charge in [0.2, 0.25) is 0 Å². The van der Waals surface area contributed by atoms with Gasteiger partial charge in [-0.2, -0.15) is 9.90 Å². The number of para-hydroxylation sites is 1. The van der Waals surface area contributed by atoms with E-state index in [4.69, 9.17) is 15.2 Å². The first kappa shape index (κ1) is 17.5. The number of fused-ring (bicyclic) bond motifs is 2. The zero-order valence-corrected chi connectivity index (χ0v) is 15.7. The maximum Gasteiger partial charge on any atom is 0.136 e. The molecule has 2 N–H and O–H groups in total. The lowest BCUT2D eigenvalue weighted by atomic mass is 9.95. The van der Waals surface area contributed by atoms with Crippen LogP contribution in [0.3, 0.4) is 0 Å². The van der Waals surface area contributed by atoms with Crippen molar-refractivity contribution >= 4 is 9.90 Å². The molecule has 128 valence electrons. The first-order valence-electron chi connectivity index (χ1n) is 8.05. The lowest BCUT2D eigenvalue weighted by Gasteiger charge is -2.25. The molecular weight excluding hydrogens is 329 g/mol. The Kier molecular flexibility index (Phi) is 5.08. The van der Waals surface area contributed by atoms with E-state index >= 15 is 0 Å². The topological polar surface area (TPSA) is 44.5 Å². The summed E-state index contributed by atoms with van der Waals surface area (Å²) in [6.07, 6.45) is 0. The van der Waals surface area contributed by atoms with Gasteiger partial charge in [-0.15, -0.1) is 0 Å². The van der Waals surface area contributed by atoms with Crippen molar-refractivity contribution < 1.29 is 9.47 Å². The summed E-state index contributed by atoms with van der Waals surface area (Å²) in [6.45, 7) is 2.61. The highest BCUT2D eigenvalue weighted by molar-refractivity contribution is 6.92. The number of benzene rings is 3. The summed E-state index contributed by atoms with van der Waals surface area (Å²) >= 11 is 0. The summed E-state index contributed by atoms with van der Waals surface area (Å²) in [6, 6.07) is 21.9. The van der Waals surface area contributed by atoms with Crippen LogP contribution < -0.4 is 15.2 Å². The molecule has 4 heteroatoms. The van der Waals surface area contributed by atoms with E-state index in [-0.39, 0.29) is 15.9 Å². The molecular formula is C21H22NO2P. The molecule has 0 aromatic heterocycles. The van der Waals surface area contributed by atoms with Gasteiger partial charge in [-0.05, 0) is 30.7 Å². The Morgan fingerprint density at radius 1 is 0.920 bits per heavy atom. The number of hydrogen-bond donors (Lipinski definition) is 1. The molecule has 0 bridgehead atoms. The molecule has 0 aliphatic carbocycles. The van der Waals surface area contributed by atoms with Crippen molar-refractivity contribution in [2.24, 2.45) is 5.73 Å². The largest absolute Gasteiger partial charge is 0.489 e. The van der Waals surface area contributed by atoms with E-state index in [1.807, 2.05) is 42.5 Å². The van der Waals surface area contributed by atoms with Crippen molar-refractivity contribution in [1.82, 2.24) is 0 Å². The van der Waals surface area contributed by atoms with Crippen molar-refractivity contribution in [2.45, 2.75) is 19.6 Å². The average molecular weight is 351 g/mol. The number of ether oxygens (including phenoxy) is 2. The number of hydrogen-bond acceptors (Lipinski definition) is 3. The van der Waals surface area contributed by atoms with Crippen LogP contribution in [0.25, 0.3) is 0 Å². The number of aryl methyl sites for hydroxylation is 1. The SMILES string of the molecule is Cc1ccc(COc2ccc3c(c2)Oc2ccccc2C3N)cc1.P. The van der Waals surface area contributed by atoms with Crippen molar-refractivity contribution in [3.8, 4) is 17.2 Å². The van der Waals surface area contributed by atoms with E-state index in [1.54, 1.807) is 0 Å². The fourth-order valence-corrected chi connectivity index (χ4v) is 2.92. The number of nitrogens with two attached hydrogens (primary N) is 1. The van der Waals surface area contributed by atoms with E-state index in [0.717, 1.165) is 33.9 Å². The molecule has 3 aromatic rings. The van der Waals surface area contributed by atoms with Gasteiger partial charge in [-0.25, -0.2) is 0 Å². The van der Waals surface area contributed by atoms with E-state index in [1.165, 1.54) is 5.56 Å². The Bertz CT molecular complexity index is 877. The maximum absolute atomic E-state index is 6.37. The summed E-state index contributed by atoms with van der Waals surface area (Å²) in [5.74, 6) is 2.36. The monoisotopic (exact) mass is 351 g/mol. The molecule has 2 atom stereocenters. The maximum atomic E-state index is 6.37. The van der Waals surface area contributed by atoms with Crippen molar-refractivity contribution in [3.63, 3.8) is 0 Å². The normalized spacial score (nSPS) is 14.6. The number of rotatable bonds is 3. The molecule has 0 radical (unpaired) electrons. The van der Waals surface area contributed by atoms with Gasteiger partial charge in [-0.3, -0.25) is 0 Å². The molecule has 3 nitrogen and oxygen atoms in total. The quantitative estimate of drug-likeness (QED) is 0.690. The zero-order valence-electron chi connectivity index (χ0n) is 14.2. The van der Waals surface area contributed by atoms with Gasteiger partial charge in [-0.1, -0.05) is 48.0 Å². The van der Waals surface area contributed by atoms with Gasteiger partial charge in [0.05, 0.1) is 6.04 Å². The third-order valence-corrected chi connectivity index (χ3v) is 4.32. The first-order valence-corrected chi connectivity index (χ1v) is 8.05. The van der Waals surface area contributed by atoms with E-state index in [9.17, 15) is 0 Å². The molecule has 1 aliphatic heterocycles. The highest BCUT2D eigenvalue weighted by Crippen LogP contribution is 2.42. The molecule has 2 unspecified atom stereocenters. The summed E-state index contributed by atoms with van der Waals surface area (Å²) < 4.78 is 11.9. The van der Waals surface area contributed by atoms with Gasteiger partial charge >= 0.3 is 0 Å². The Labute approximate surface area is 151 Å². The molecule has 3 aromatic carbocycles. The zero-order chi connectivity index (χ0) is 16.5. The second-order valence-corrected chi connectivity index (χ2v) is 6.09. The van der Waals surface area contributed by atoms with Crippen LogP contribution in [0.4, 0.5) is 0 Å². The van der Waals surface area contributed by atoms with Gasteiger partial charge < -0.3 is 15.2 Å². The predicted octanol–water partition coefficient (Wildman–Crippen LogP) is 4.79. The molecule has 25 heavy (non-hydrogen) atoms. The predicted molar refractivity (Wildman–Crippen MR) is 106 cm³/mol. The van der Waals surface area contributed by atoms with Crippen LogP contribution in [0.2, 0.25) is 0 Å². The van der Waals surface area contributed by atoms with Gasteiger partial charge in [0.15, 0.2) is 0 Å². The first-order chi connectivity index (χ1) is 11.7. The minimum atomic E-state index is -0.170. The second-order valence-electron chi connectivity index (χ2n) is 6.09. The van der Waals surface area contributed by atoms with Crippen LogP contribution in [-0.2, 0) is 6.61 Å². The van der Waals surface area contributed by atoms with Crippen molar-refractivity contribution in [3.05, 3.63) is 89.0 Å². The molecule has 1 heterocycles. The minimum Gasteiger partial charge on any atom is -0.489 e. The lowest BCUT2D eigenvalue weighted by molar-refractivity contribution is 0.304. The smallest absolute Gasteiger partial charge is 0.136 e. The van der Waals surface area contributed by atoms with Gasteiger partial charge in [0, 0.05) is 17.2 Å². The highest BCUT2D eigenvalue weighted by Gasteiger charge is 2.24. The fourth-order valence-electron chi connectivity index (χ4n) is 2.92. The van der Waals surface area contributed by atoms with E-state index < -0.39 is 0 Å². The van der Waals surface area contributed by atoms with Crippen LogP contribution >= 0.6 is 9.90 Å². The van der Waals surface area contributed by atoms with Crippen LogP contribution in [-0.4, -0.2) is 0 Å². The van der Waals surface area contributed by atoms with Gasteiger partial charge in [0.1, 0.15) is 23.9 Å². The Morgan fingerprint density at radius 2 is 1.64 bits per heavy atom. The standard InChI is InChI=1S/C21H19NO2.H3P/c1-14-6-8-15(9-7-14)13-23-16-10-11-18-20(12-16)24-19-5-3-2-4-17(19)21(18)22;/h2-12,21H,13,22H2,1H3;1H3. The van der Waals surface area contributed by atoms with E-state index in [2.05, 4.69) is 31.2 Å². The third kappa shape index (κ3) is 3.53. The minimum absolute atomic E-state index is 0. The van der Waals surface area contributed by atoms with Gasteiger partial charge in [0.25, 0.3) is 0 Å². The molecule has 4 rings (SSSR count). The van der Waals surface area contributed by atoms with Crippen LogP contribution in [0.1, 0.15) is 28.3 Å². The third-order valence-electron chi connectivity index (χ3n) is 4.32. The Balaban J connectivity index is 0.00000182. The van der Waals surface area contributed by atoms with E-state index in [0.29, 0.717) is 6.61 Å². The Hall–Kier alpha value is -2.35. The van der Waals surface area contributed by atoms with Crippen molar-refractivity contribution in [2.75, 3.05) is 0 Å². The summed E-state index contributed by atoms with van der Waals surface area (Å²) in [7, 11) is 0. The molecule has 0 amide bonds. The molecule has 1 aliphatic rings. The van der Waals surface area contributed by atoms with Crippen LogP contribution in [0.5, 0.6) is 17.2 Å².